The first-order valence-corrected chi connectivity index (χ1v) is 11.3. The second kappa shape index (κ2) is 9.75. The molecule has 0 amide bonds. The quantitative estimate of drug-likeness (QED) is 0.389. The molecule has 0 aliphatic rings. The molecule has 0 saturated heterocycles. The van der Waals surface area contributed by atoms with Crippen LogP contribution < -0.4 is 10.3 Å². The van der Waals surface area contributed by atoms with Gasteiger partial charge in [-0.2, -0.15) is 0 Å². The zero-order chi connectivity index (χ0) is 26.2. The number of aromatic nitrogens is 4. The van der Waals surface area contributed by atoms with E-state index in [-0.39, 0.29) is 23.1 Å². The van der Waals surface area contributed by atoms with Gasteiger partial charge in [0.15, 0.2) is 5.82 Å². The minimum Gasteiger partial charge on any atom is -0.485 e. The topological polar surface area (TPSA) is 90.1 Å². The van der Waals surface area contributed by atoms with Crippen LogP contribution in [0, 0.1) is 25.5 Å². The normalized spacial score (nSPS) is 11.6. The summed E-state index contributed by atoms with van der Waals surface area (Å²) in [7, 11) is 0. The van der Waals surface area contributed by atoms with Gasteiger partial charge in [-0.25, -0.2) is 8.78 Å². The van der Waals surface area contributed by atoms with Crippen molar-refractivity contribution in [3.05, 3.63) is 98.6 Å². The maximum Gasteiger partial charge on any atom is 0.277 e. The van der Waals surface area contributed by atoms with E-state index in [0.29, 0.717) is 34.4 Å². The summed E-state index contributed by atoms with van der Waals surface area (Å²) in [4.78, 5) is 25.6. The van der Waals surface area contributed by atoms with Crippen molar-refractivity contribution in [2.24, 2.45) is 0 Å². The van der Waals surface area contributed by atoms with Crippen LogP contribution >= 0.6 is 11.6 Å². The first kappa shape index (κ1) is 25.4. The lowest BCUT2D eigenvalue weighted by Crippen LogP contribution is -2.23. The van der Waals surface area contributed by atoms with Gasteiger partial charge in [-0.1, -0.05) is 11.6 Å². The Balaban J connectivity index is 1.72. The monoisotopic (exact) mass is 512 g/mol. The van der Waals surface area contributed by atoms with Crippen molar-refractivity contribution in [3.8, 4) is 22.7 Å². The average molecular weight is 513 g/mol. The van der Waals surface area contributed by atoms with Gasteiger partial charge in [-0.15, -0.1) is 0 Å². The highest BCUT2D eigenvalue weighted by Gasteiger charge is 2.20. The summed E-state index contributed by atoms with van der Waals surface area (Å²) in [6.45, 7) is 6.47. The second-order valence-corrected chi connectivity index (χ2v) is 9.20. The number of hydrogen-bond acceptors (Lipinski definition) is 6. The van der Waals surface area contributed by atoms with Crippen LogP contribution in [-0.4, -0.2) is 24.6 Å². The highest BCUT2D eigenvalue weighted by Crippen LogP contribution is 2.28. The summed E-state index contributed by atoms with van der Waals surface area (Å²) >= 11 is 6.35. The summed E-state index contributed by atoms with van der Waals surface area (Å²) in [5.41, 5.74) is 1.78. The highest BCUT2D eigenvalue weighted by atomic mass is 35.5. The molecular weight excluding hydrogens is 490 g/mol. The summed E-state index contributed by atoms with van der Waals surface area (Å²) in [6.07, 6.45) is 4.11. The van der Waals surface area contributed by atoms with Crippen LogP contribution in [0.25, 0.3) is 16.9 Å². The molecule has 0 saturated carbocycles. The fourth-order valence-electron chi connectivity index (χ4n) is 3.62. The molecule has 4 heterocycles. The third-order valence-electron chi connectivity index (χ3n) is 5.55. The highest BCUT2D eigenvalue weighted by molar-refractivity contribution is 6.31. The summed E-state index contributed by atoms with van der Waals surface area (Å²) in [5, 5.41) is 10.1. The third-order valence-corrected chi connectivity index (χ3v) is 5.89. The zero-order valence-electron chi connectivity index (χ0n) is 20.0. The SMILES string of the molecule is Cc1cnc(-c2ccnc(C(C)(C)O)c2)cc1-n1c(C)cc(OCc2ncc(F)cc2F)c(Cl)c1=O. The molecule has 0 aliphatic carbocycles. The number of nitrogens with zero attached hydrogens (tertiary/aromatic N) is 4. The molecule has 0 unspecified atom stereocenters. The van der Waals surface area contributed by atoms with Crippen molar-refractivity contribution >= 4 is 11.6 Å². The molecule has 0 aromatic carbocycles. The maximum atomic E-state index is 13.9. The van der Waals surface area contributed by atoms with E-state index in [1.54, 1.807) is 57.4 Å². The van der Waals surface area contributed by atoms with Gasteiger partial charge in [0.1, 0.15) is 34.5 Å². The summed E-state index contributed by atoms with van der Waals surface area (Å²) < 4.78 is 34.0. The molecule has 0 aliphatic heterocycles. The van der Waals surface area contributed by atoms with Crippen LogP contribution in [-0.2, 0) is 12.2 Å². The Kier molecular flexibility index (Phi) is 6.88. The van der Waals surface area contributed by atoms with Crippen LogP contribution in [0.3, 0.4) is 0 Å². The lowest BCUT2D eigenvalue weighted by molar-refractivity contribution is 0.0739. The lowest BCUT2D eigenvalue weighted by atomic mass is 10.0. The number of aryl methyl sites for hydroxylation is 2. The third kappa shape index (κ3) is 5.12. The van der Waals surface area contributed by atoms with Gasteiger partial charge in [0, 0.05) is 35.8 Å². The Morgan fingerprint density at radius 1 is 1.08 bits per heavy atom. The van der Waals surface area contributed by atoms with Crippen molar-refractivity contribution in [1.82, 2.24) is 19.5 Å². The molecule has 4 aromatic rings. The second-order valence-electron chi connectivity index (χ2n) is 8.82. The van der Waals surface area contributed by atoms with E-state index >= 15 is 0 Å². The van der Waals surface area contributed by atoms with Gasteiger partial charge < -0.3 is 9.84 Å². The van der Waals surface area contributed by atoms with E-state index in [4.69, 9.17) is 16.3 Å². The predicted octanol–water partition coefficient (Wildman–Crippen LogP) is 5.04. The molecule has 0 bridgehead atoms. The Hall–Kier alpha value is -3.69. The van der Waals surface area contributed by atoms with Gasteiger partial charge in [0.2, 0.25) is 0 Å². The minimum atomic E-state index is -1.13. The lowest BCUT2D eigenvalue weighted by Gasteiger charge is -2.18. The Morgan fingerprint density at radius 3 is 2.53 bits per heavy atom. The van der Waals surface area contributed by atoms with Gasteiger partial charge in [-0.05, 0) is 51.5 Å². The summed E-state index contributed by atoms with van der Waals surface area (Å²) in [6, 6.07) is 7.52. The van der Waals surface area contributed by atoms with Gasteiger partial charge in [-0.3, -0.25) is 24.3 Å². The Bertz CT molecular complexity index is 1520. The standard InChI is InChI=1S/C26H23ClF2N4O3/c1-14-11-31-19(16-5-6-30-23(8-16)26(3,4)35)10-21(14)33-15(2)7-22(24(27)25(33)34)36-13-20-18(29)9-17(28)12-32-20/h5-12,35H,13H2,1-4H3. The molecule has 7 nitrogen and oxygen atoms in total. The first-order chi connectivity index (χ1) is 17.0. The Labute approximate surface area is 211 Å². The molecule has 4 rings (SSSR count). The molecular formula is C26H23ClF2N4O3. The summed E-state index contributed by atoms with van der Waals surface area (Å²) in [5.74, 6) is -1.61. The van der Waals surface area contributed by atoms with Crippen LogP contribution in [0.1, 0.15) is 36.5 Å². The number of halogens is 3. The Morgan fingerprint density at radius 2 is 1.83 bits per heavy atom. The average Bonchev–Trinajstić information content (AvgIpc) is 2.82. The molecule has 1 N–H and O–H groups in total. The van der Waals surface area contributed by atoms with Crippen molar-refractivity contribution in [3.63, 3.8) is 0 Å². The van der Waals surface area contributed by atoms with Crippen molar-refractivity contribution in [1.29, 1.82) is 0 Å². The largest absolute Gasteiger partial charge is 0.485 e. The van der Waals surface area contributed by atoms with Crippen LogP contribution in [0.15, 0.2) is 53.7 Å². The minimum absolute atomic E-state index is 0.0526. The molecule has 4 aromatic heterocycles. The van der Waals surface area contributed by atoms with Crippen LogP contribution in [0.4, 0.5) is 8.78 Å². The molecule has 186 valence electrons. The van der Waals surface area contributed by atoms with Crippen molar-refractivity contribution in [2.45, 2.75) is 39.9 Å². The predicted molar refractivity (Wildman–Crippen MR) is 131 cm³/mol. The smallest absolute Gasteiger partial charge is 0.277 e. The molecule has 36 heavy (non-hydrogen) atoms. The van der Waals surface area contributed by atoms with Gasteiger partial charge in [0.05, 0.1) is 23.3 Å². The molecule has 0 radical (unpaired) electrons. The number of hydrogen-bond donors (Lipinski definition) is 1. The van der Waals surface area contributed by atoms with E-state index < -0.39 is 22.8 Å². The van der Waals surface area contributed by atoms with Crippen molar-refractivity contribution < 1.29 is 18.6 Å². The van der Waals surface area contributed by atoms with Crippen LogP contribution in [0.5, 0.6) is 5.75 Å². The number of rotatable bonds is 6. The number of aliphatic hydroxyl groups is 1. The maximum absolute atomic E-state index is 13.9. The van der Waals surface area contributed by atoms with Crippen molar-refractivity contribution in [2.75, 3.05) is 0 Å². The molecule has 10 heteroatoms. The number of ether oxygens (including phenoxy) is 1. The fourth-order valence-corrected chi connectivity index (χ4v) is 3.81. The van der Waals surface area contributed by atoms with E-state index in [1.807, 2.05) is 6.92 Å². The molecule has 0 atom stereocenters. The van der Waals surface area contributed by atoms with E-state index in [9.17, 15) is 18.7 Å². The fraction of sp³-hybridized carbons (Fsp3) is 0.231. The van der Waals surface area contributed by atoms with Crippen LogP contribution in [0.2, 0.25) is 5.02 Å². The number of pyridine rings is 4. The van der Waals surface area contributed by atoms with Gasteiger partial charge in [0.25, 0.3) is 5.56 Å². The first-order valence-electron chi connectivity index (χ1n) is 11.0. The zero-order valence-corrected chi connectivity index (χ0v) is 20.8. The molecule has 0 fully saturated rings. The van der Waals surface area contributed by atoms with E-state index in [0.717, 1.165) is 11.8 Å². The molecule has 0 spiro atoms. The van der Waals surface area contributed by atoms with Gasteiger partial charge >= 0.3 is 0 Å². The van der Waals surface area contributed by atoms with E-state index in [2.05, 4.69) is 15.0 Å². The van der Waals surface area contributed by atoms with E-state index in [1.165, 1.54) is 4.57 Å².